The minimum absolute atomic E-state index is 0.697. The van der Waals surface area contributed by atoms with Gasteiger partial charge in [-0.25, -0.2) is 4.98 Å². The summed E-state index contributed by atoms with van der Waals surface area (Å²) in [5.74, 6) is 2.23. The van der Waals surface area contributed by atoms with Gasteiger partial charge in [0.2, 0.25) is 5.95 Å². The van der Waals surface area contributed by atoms with Gasteiger partial charge in [0.05, 0.1) is 0 Å². The lowest BCUT2D eigenvalue weighted by Crippen LogP contribution is -2.31. The largest absolute Gasteiger partial charge is 0.383 e. The molecule has 4 nitrogen and oxygen atoms in total. The van der Waals surface area contributed by atoms with Crippen LogP contribution in [0.4, 0.5) is 11.8 Å². The van der Waals surface area contributed by atoms with E-state index in [9.17, 15) is 0 Å². The van der Waals surface area contributed by atoms with E-state index in [1.54, 1.807) is 0 Å². The second-order valence-corrected chi connectivity index (χ2v) is 6.64. The van der Waals surface area contributed by atoms with Crippen molar-refractivity contribution in [2.24, 2.45) is 5.92 Å². The lowest BCUT2D eigenvalue weighted by atomic mass is 9.91. The smallest absolute Gasteiger partial charge is 0.227 e. The number of aryl methyl sites for hydroxylation is 1. The number of aromatic nitrogens is 2. The molecule has 2 rings (SSSR count). The number of unbranched alkanes of at least 4 members (excludes halogenated alkanes) is 1. The summed E-state index contributed by atoms with van der Waals surface area (Å²) >= 11 is 0. The minimum Gasteiger partial charge on any atom is -0.383 e. The Bertz CT molecular complexity index is 443. The fourth-order valence-corrected chi connectivity index (χ4v) is 3.32. The molecule has 1 fully saturated rings. The molecule has 0 aromatic carbocycles. The Labute approximate surface area is 135 Å². The van der Waals surface area contributed by atoms with Crippen molar-refractivity contribution in [3.8, 4) is 0 Å². The Morgan fingerprint density at radius 2 is 1.86 bits per heavy atom. The predicted octanol–water partition coefficient (Wildman–Crippen LogP) is 4.12. The standard InChI is InChI=1S/C18H32N4/c1-4-6-10-15(5-2)13-16-14(3)20-18(21-17(16)19)22-11-8-7-9-12-22/h15H,4-13H2,1-3H3,(H2,19,20,21). The maximum Gasteiger partial charge on any atom is 0.227 e. The van der Waals surface area contributed by atoms with Crippen LogP contribution in [0.2, 0.25) is 0 Å². The van der Waals surface area contributed by atoms with Crippen LogP contribution in [0.1, 0.15) is 70.1 Å². The van der Waals surface area contributed by atoms with Crippen LogP contribution in [-0.2, 0) is 6.42 Å². The molecule has 0 aliphatic carbocycles. The highest BCUT2D eigenvalue weighted by atomic mass is 15.3. The molecule has 1 saturated heterocycles. The summed E-state index contributed by atoms with van der Waals surface area (Å²) in [6.07, 6.45) is 9.84. The van der Waals surface area contributed by atoms with E-state index in [2.05, 4.69) is 30.7 Å². The van der Waals surface area contributed by atoms with Crippen molar-refractivity contribution in [1.82, 2.24) is 9.97 Å². The number of nitrogen functional groups attached to an aromatic ring is 1. The topological polar surface area (TPSA) is 55.0 Å². The van der Waals surface area contributed by atoms with E-state index in [4.69, 9.17) is 10.7 Å². The second-order valence-electron chi connectivity index (χ2n) is 6.64. The Morgan fingerprint density at radius 3 is 2.45 bits per heavy atom. The molecular weight excluding hydrogens is 272 g/mol. The second kappa shape index (κ2) is 8.35. The SMILES string of the molecule is CCCCC(CC)Cc1c(C)nc(N2CCCCC2)nc1N. The van der Waals surface area contributed by atoms with Crippen LogP contribution in [0.3, 0.4) is 0 Å². The average molecular weight is 304 g/mol. The van der Waals surface area contributed by atoms with Crippen molar-refractivity contribution in [3.05, 3.63) is 11.3 Å². The fraction of sp³-hybridized carbons (Fsp3) is 0.778. The zero-order chi connectivity index (χ0) is 15.9. The first-order valence-electron chi connectivity index (χ1n) is 9.03. The number of nitrogens with two attached hydrogens (primary N) is 1. The first kappa shape index (κ1) is 17.0. The van der Waals surface area contributed by atoms with Gasteiger partial charge in [0.15, 0.2) is 0 Å². The predicted molar refractivity (Wildman–Crippen MR) is 94.3 cm³/mol. The normalized spacial score (nSPS) is 16.8. The van der Waals surface area contributed by atoms with Crippen molar-refractivity contribution in [1.29, 1.82) is 0 Å². The quantitative estimate of drug-likeness (QED) is 0.823. The van der Waals surface area contributed by atoms with Crippen molar-refractivity contribution < 1.29 is 0 Å². The van der Waals surface area contributed by atoms with Gasteiger partial charge in [-0.2, -0.15) is 4.98 Å². The molecule has 1 aliphatic rings. The first-order chi connectivity index (χ1) is 10.7. The molecule has 124 valence electrons. The molecule has 1 unspecified atom stereocenters. The Hall–Kier alpha value is -1.32. The van der Waals surface area contributed by atoms with Gasteiger partial charge in [0.25, 0.3) is 0 Å². The summed E-state index contributed by atoms with van der Waals surface area (Å²) in [5.41, 5.74) is 8.53. The number of nitrogens with zero attached hydrogens (tertiary/aromatic N) is 3. The molecule has 1 aromatic heterocycles. The molecule has 1 aliphatic heterocycles. The van der Waals surface area contributed by atoms with Crippen LogP contribution < -0.4 is 10.6 Å². The molecule has 2 heterocycles. The summed E-state index contributed by atoms with van der Waals surface area (Å²) in [4.78, 5) is 11.7. The minimum atomic E-state index is 0.697. The van der Waals surface area contributed by atoms with Crippen molar-refractivity contribution in [3.63, 3.8) is 0 Å². The Kier molecular flexibility index (Phi) is 6.47. The molecule has 0 radical (unpaired) electrons. The number of anilines is 2. The van der Waals surface area contributed by atoms with Gasteiger partial charge in [-0.3, -0.25) is 0 Å². The highest BCUT2D eigenvalue weighted by Crippen LogP contribution is 2.26. The third kappa shape index (κ3) is 4.34. The fourth-order valence-electron chi connectivity index (χ4n) is 3.32. The molecular formula is C18H32N4. The zero-order valence-electron chi connectivity index (χ0n) is 14.6. The monoisotopic (exact) mass is 304 g/mol. The third-order valence-electron chi connectivity index (χ3n) is 4.91. The summed E-state index contributed by atoms with van der Waals surface area (Å²) in [6, 6.07) is 0. The van der Waals surface area contributed by atoms with Crippen molar-refractivity contribution >= 4 is 11.8 Å². The Balaban J connectivity index is 2.11. The van der Waals surface area contributed by atoms with E-state index in [0.717, 1.165) is 31.2 Å². The maximum absolute atomic E-state index is 6.28. The highest BCUT2D eigenvalue weighted by Gasteiger charge is 2.18. The van der Waals surface area contributed by atoms with Crippen LogP contribution >= 0.6 is 0 Å². The molecule has 1 atom stereocenters. The first-order valence-corrected chi connectivity index (χ1v) is 9.03. The molecule has 0 spiro atoms. The summed E-state index contributed by atoms with van der Waals surface area (Å²) in [6.45, 7) is 8.74. The van der Waals surface area contributed by atoms with Gasteiger partial charge in [-0.05, 0) is 38.5 Å². The van der Waals surface area contributed by atoms with Crippen molar-refractivity contribution in [2.45, 2.75) is 72.1 Å². The molecule has 4 heteroatoms. The van der Waals surface area contributed by atoms with Crippen LogP contribution in [0, 0.1) is 12.8 Å². The Morgan fingerprint density at radius 1 is 1.14 bits per heavy atom. The van der Waals surface area contributed by atoms with E-state index >= 15 is 0 Å². The van der Waals surface area contributed by atoms with E-state index in [0.29, 0.717) is 11.7 Å². The average Bonchev–Trinajstić information content (AvgIpc) is 2.54. The molecule has 22 heavy (non-hydrogen) atoms. The van der Waals surface area contributed by atoms with E-state index in [-0.39, 0.29) is 0 Å². The van der Waals surface area contributed by atoms with Crippen LogP contribution in [-0.4, -0.2) is 23.1 Å². The molecule has 0 saturated carbocycles. The van der Waals surface area contributed by atoms with Crippen LogP contribution in [0.15, 0.2) is 0 Å². The highest BCUT2D eigenvalue weighted by molar-refractivity contribution is 5.48. The molecule has 0 bridgehead atoms. The molecule has 2 N–H and O–H groups in total. The van der Waals surface area contributed by atoms with Gasteiger partial charge in [0.1, 0.15) is 5.82 Å². The summed E-state index contributed by atoms with van der Waals surface area (Å²) in [7, 11) is 0. The molecule has 1 aromatic rings. The molecule has 0 amide bonds. The summed E-state index contributed by atoms with van der Waals surface area (Å²) < 4.78 is 0. The van der Waals surface area contributed by atoms with Gasteiger partial charge in [-0.1, -0.05) is 39.5 Å². The number of hydrogen-bond acceptors (Lipinski definition) is 4. The van der Waals surface area contributed by atoms with E-state index < -0.39 is 0 Å². The number of hydrogen-bond donors (Lipinski definition) is 1. The zero-order valence-corrected chi connectivity index (χ0v) is 14.6. The maximum atomic E-state index is 6.28. The van der Waals surface area contributed by atoms with E-state index in [1.807, 2.05) is 0 Å². The van der Waals surface area contributed by atoms with Gasteiger partial charge >= 0.3 is 0 Å². The van der Waals surface area contributed by atoms with Crippen LogP contribution in [0.5, 0.6) is 0 Å². The van der Waals surface area contributed by atoms with Gasteiger partial charge in [-0.15, -0.1) is 0 Å². The number of rotatable bonds is 7. The van der Waals surface area contributed by atoms with Gasteiger partial charge in [0, 0.05) is 24.3 Å². The van der Waals surface area contributed by atoms with E-state index in [1.165, 1.54) is 50.5 Å². The lowest BCUT2D eigenvalue weighted by molar-refractivity contribution is 0.448. The number of piperidine rings is 1. The van der Waals surface area contributed by atoms with Crippen molar-refractivity contribution in [2.75, 3.05) is 23.7 Å². The summed E-state index contributed by atoms with van der Waals surface area (Å²) in [5, 5.41) is 0. The lowest BCUT2D eigenvalue weighted by Gasteiger charge is -2.27. The van der Waals surface area contributed by atoms with Gasteiger partial charge < -0.3 is 10.6 Å². The third-order valence-corrected chi connectivity index (χ3v) is 4.91. The van der Waals surface area contributed by atoms with Crippen LogP contribution in [0.25, 0.3) is 0 Å².